The van der Waals surface area contributed by atoms with Crippen LogP contribution < -0.4 is 4.74 Å². The predicted octanol–water partition coefficient (Wildman–Crippen LogP) is 6.85. The first-order valence-electron chi connectivity index (χ1n) is 16.7. The van der Waals surface area contributed by atoms with Gasteiger partial charge in [0.15, 0.2) is 0 Å². The molecule has 1 fully saturated rings. The van der Waals surface area contributed by atoms with Crippen LogP contribution in [0.4, 0.5) is 4.79 Å². The lowest BCUT2D eigenvalue weighted by Gasteiger charge is -2.39. The molecule has 1 saturated heterocycles. The van der Waals surface area contributed by atoms with E-state index >= 15 is 0 Å². The number of piperazine rings is 1. The van der Waals surface area contributed by atoms with Crippen molar-refractivity contribution in [2.24, 2.45) is 4.99 Å². The SMILES string of the molecule is CCOc1cc(C(C)(C)C#N)ccc1C1=N[C@@H](c2ccc(Cl)cc2)[C@@H](c2ccc(Cl)cc2)N1C(=O)N1CCN(CC(=O)N(C)CCC#N)CC1. The Kier molecular flexibility index (Phi) is 11.7. The average Bonchev–Trinajstić information content (AvgIpc) is 3.51. The Morgan fingerprint density at radius 1 is 0.960 bits per heavy atom. The van der Waals surface area contributed by atoms with Crippen molar-refractivity contribution in [1.29, 1.82) is 10.5 Å². The first kappa shape index (κ1) is 36.7. The van der Waals surface area contributed by atoms with Gasteiger partial charge in [0, 0.05) is 49.8 Å². The van der Waals surface area contributed by atoms with E-state index in [-0.39, 0.29) is 24.9 Å². The lowest BCUT2D eigenvalue weighted by molar-refractivity contribution is -0.131. The van der Waals surface area contributed by atoms with E-state index in [1.165, 1.54) is 0 Å². The number of nitrogens with zero attached hydrogens (tertiary/aromatic N) is 7. The van der Waals surface area contributed by atoms with Crippen LogP contribution in [-0.2, 0) is 10.2 Å². The van der Waals surface area contributed by atoms with Crippen LogP contribution in [0.3, 0.4) is 0 Å². The molecule has 10 nitrogen and oxygen atoms in total. The van der Waals surface area contributed by atoms with Crippen molar-refractivity contribution >= 4 is 41.0 Å². The maximum Gasteiger partial charge on any atom is 0.326 e. The second-order valence-electron chi connectivity index (χ2n) is 13.0. The van der Waals surface area contributed by atoms with Crippen molar-refractivity contribution in [3.05, 3.63) is 99.0 Å². The Balaban J connectivity index is 1.55. The summed E-state index contributed by atoms with van der Waals surface area (Å²) >= 11 is 12.6. The minimum Gasteiger partial charge on any atom is -0.493 e. The van der Waals surface area contributed by atoms with E-state index in [1.807, 2.05) is 92.4 Å². The normalized spacial score (nSPS) is 17.9. The fraction of sp³-hybridized carbons (Fsp3) is 0.395. The number of halogens is 2. The second-order valence-corrected chi connectivity index (χ2v) is 13.8. The highest BCUT2D eigenvalue weighted by molar-refractivity contribution is 6.30. The molecule has 2 heterocycles. The summed E-state index contributed by atoms with van der Waals surface area (Å²) in [5.74, 6) is 0.922. The summed E-state index contributed by atoms with van der Waals surface area (Å²) in [7, 11) is 1.70. The first-order valence-corrected chi connectivity index (χ1v) is 17.4. The average molecular weight is 715 g/mol. The molecule has 3 aromatic rings. The monoisotopic (exact) mass is 713 g/mol. The van der Waals surface area contributed by atoms with Gasteiger partial charge in [0.1, 0.15) is 17.6 Å². The molecule has 0 radical (unpaired) electrons. The molecule has 12 heteroatoms. The van der Waals surface area contributed by atoms with Crippen molar-refractivity contribution < 1.29 is 14.3 Å². The molecule has 3 amide bonds. The van der Waals surface area contributed by atoms with E-state index in [2.05, 4.69) is 12.1 Å². The largest absolute Gasteiger partial charge is 0.493 e. The lowest BCUT2D eigenvalue weighted by Crippen LogP contribution is -2.55. The highest BCUT2D eigenvalue weighted by Crippen LogP contribution is 2.46. The van der Waals surface area contributed by atoms with Gasteiger partial charge in [0.25, 0.3) is 0 Å². The summed E-state index contributed by atoms with van der Waals surface area (Å²) < 4.78 is 6.17. The Labute approximate surface area is 304 Å². The number of likely N-dealkylation sites (N-methyl/N-ethyl adjacent to an activating group) is 1. The number of nitriles is 2. The minimum absolute atomic E-state index is 0.0610. The Morgan fingerprint density at radius 3 is 2.16 bits per heavy atom. The molecule has 50 heavy (non-hydrogen) atoms. The van der Waals surface area contributed by atoms with Crippen LogP contribution in [-0.4, -0.2) is 90.3 Å². The molecule has 2 atom stereocenters. The van der Waals surface area contributed by atoms with E-state index in [0.717, 1.165) is 16.7 Å². The number of hydrogen-bond acceptors (Lipinski definition) is 7. The lowest BCUT2D eigenvalue weighted by atomic mass is 9.85. The van der Waals surface area contributed by atoms with Crippen molar-refractivity contribution in [3.8, 4) is 17.9 Å². The number of hydrogen-bond donors (Lipinski definition) is 0. The summed E-state index contributed by atoms with van der Waals surface area (Å²) in [5.41, 5.74) is 2.40. The molecule has 0 spiro atoms. The van der Waals surface area contributed by atoms with Crippen molar-refractivity contribution in [1.82, 2.24) is 19.6 Å². The third-order valence-electron chi connectivity index (χ3n) is 9.21. The number of carbonyl (C=O) groups excluding carboxylic acids is 2. The molecule has 0 N–H and O–H groups in total. The molecule has 0 bridgehead atoms. The topological polar surface area (TPSA) is 116 Å². The van der Waals surface area contributed by atoms with Crippen LogP contribution in [0, 0.1) is 22.7 Å². The van der Waals surface area contributed by atoms with Gasteiger partial charge in [-0.1, -0.05) is 53.5 Å². The predicted molar refractivity (Wildman–Crippen MR) is 194 cm³/mol. The van der Waals surface area contributed by atoms with Crippen LogP contribution >= 0.6 is 23.2 Å². The number of amidine groups is 1. The van der Waals surface area contributed by atoms with Crippen LogP contribution in [0.5, 0.6) is 5.75 Å². The number of ether oxygens (including phenoxy) is 1. The van der Waals surface area contributed by atoms with Gasteiger partial charge in [-0.3, -0.25) is 19.6 Å². The number of aliphatic imine (C=N–C) groups is 1. The molecule has 0 aliphatic carbocycles. The zero-order chi connectivity index (χ0) is 36.0. The standard InChI is InChI=1S/C38H41Cl2N7O3/c1-5-50-32-23-28(38(2,3)25-42)11-16-31(32)36-43-34(26-7-12-29(39)13-8-26)35(27-9-14-30(40)15-10-27)47(36)37(49)46-21-19-45(20-22-46)24-33(48)44(4)18-6-17-41/h7-16,23,34-35H,5-6,18-22,24H2,1-4H3/t34-,35+/m0/s1. The quantitative estimate of drug-likeness (QED) is 0.227. The molecular formula is C38H41Cl2N7O3. The van der Waals surface area contributed by atoms with Crippen LogP contribution in [0.2, 0.25) is 10.0 Å². The Bertz CT molecular complexity index is 1810. The summed E-state index contributed by atoms with van der Waals surface area (Å²) in [6, 6.07) is 23.8. The van der Waals surface area contributed by atoms with E-state index < -0.39 is 17.5 Å². The summed E-state index contributed by atoms with van der Waals surface area (Å²) in [6.45, 7) is 8.41. The number of amides is 3. The minimum atomic E-state index is -0.763. The summed E-state index contributed by atoms with van der Waals surface area (Å²) in [6.07, 6.45) is 0.278. The highest BCUT2D eigenvalue weighted by atomic mass is 35.5. The molecule has 5 rings (SSSR count). The van der Waals surface area contributed by atoms with Gasteiger partial charge in [-0.2, -0.15) is 10.5 Å². The number of urea groups is 1. The molecule has 2 aliphatic heterocycles. The molecule has 0 aromatic heterocycles. The molecule has 260 valence electrons. The number of rotatable bonds is 10. The fourth-order valence-electron chi connectivity index (χ4n) is 6.19. The van der Waals surface area contributed by atoms with E-state index in [9.17, 15) is 14.9 Å². The van der Waals surface area contributed by atoms with Gasteiger partial charge in [-0.25, -0.2) is 4.79 Å². The van der Waals surface area contributed by atoms with Crippen LogP contribution in [0.1, 0.15) is 61.5 Å². The fourth-order valence-corrected chi connectivity index (χ4v) is 6.45. The highest BCUT2D eigenvalue weighted by Gasteiger charge is 2.45. The smallest absolute Gasteiger partial charge is 0.326 e. The van der Waals surface area contributed by atoms with Gasteiger partial charge < -0.3 is 14.5 Å². The van der Waals surface area contributed by atoms with Crippen LogP contribution in [0.25, 0.3) is 0 Å². The van der Waals surface area contributed by atoms with Crippen molar-refractivity contribution in [2.45, 2.75) is 44.7 Å². The Hall–Kier alpha value is -4.61. The van der Waals surface area contributed by atoms with Crippen LogP contribution in [0.15, 0.2) is 71.7 Å². The maximum atomic E-state index is 14.9. The molecular weight excluding hydrogens is 673 g/mol. The number of carbonyl (C=O) groups is 2. The molecule has 0 saturated carbocycles. The second kappa shape index (κ2) is 15.9. The molecule has 0 unspecified atom stereocenters. The van der Waals surface area contributed by atoms with Gasteiger partial charge in [-0.15, -0.1) is 0 Å². The van der Waals surface area contributed by atoms with Gasteiger partial charge in [0.05, 0.1) is 48.7 Å². The summed E-state index contributed by atoms with van der Waals surface area (Å²) in [5, 5.41) is 19.9. The summed E-state index contributed by atoms with van der Waals surface area (Å²) in [4.78, 5) is 40.1. The Morgan fingerprint density at radius 2 is 1.58 bits per heavy atom. The third-order valence-corrected chi connectivity index (χ3v) is 9.71. The molecule has 3 aromatic carbocycles. The third kappa shape index (κ3) is 8.05. The van der Waals surface area contributed by atoms with E-state index in [1.54, 1.807) is 21.7 Å². The zero-order valence-corrected chi connectivity index (χ0v) is 30.3. The first-order chi connectivity index (χ1) is 24.0. The van der Waals surface area contributed by atoms with Gasteiger partial charge >= 0.3 is 6.03 Å². The van der Waals surface area contributed by atoms with Gasteiger partial charge in [-0.05, 0) is 73.9 Å². The van der Waals surface area contributed by atoms with E-state index in [0.29, 0.717) is 66.5 Å². The van der Waals surface area contributed by atoms with E-state index in [4.69, 9.17) is 38.2 Å². The zero-order valence-electron chi connectivity index (χ0n) is 28.8. The van der Waals surface area contributed by atoms with Crippen molar-refractivity contribution in [2.75, 3.05) is 52.9 Å². The van der Waals surface area contributed by atoms with Gasteiger partial charge in [0.2, 0.25) is 5.91 Å². The molecule has 2 aliphatic rings. The van der Waals surface area contributed by atoms with Crippen molar-refractivity contribution in [3.63, 3.8) is 0 Å². The number of benzene rings is 3. The maximum absolute atomic E-state index is 14.9.